The summed E-state index contributed by atoms with van der Waals surface area (Å²) in [5.74, 6) is 4.34. The third kappa shape index (κ3) is 6.23. The third-order valence-corrected chi connectivity index (χ3v) is 11.0. The molecule has 0 aliphatic carbocycles. The molecule has 8 aromatic rings. The van der Waals surface area contributed by atoms with Crippen molar-refractivity contribution in [2.24, 2.45) is 0 Å². The van der Waals surface area contributed by atoms with Crippen LogP contribution in [-0.2, 0) is 98.1 Å². The molecule has 0 N–H and O–H groups in total. The van der Waals surface area contributed by atoms with Gasteiger partial charge in [0, 0.05) is 121 Å². The Kier molecular flexibility index (Phi) is 10.9. The Bertz CT molecular complexity index is 2810. The number of ether oxygens (including phenoxy) is 3. The zero-order valence-corrected chi connectivity index (χ0v) is 39.5. The summed E-state index contributed by atoms with van der Waals surface area (Å²) in [6.07, 6.45) is 0. The summed E-state index contributed by atoms with van der Waals surface area (Å²) in [7, 11) is 0. The van der Waals surface area contributed by atoms with Crippen LogP contribution in [0.2, 0.25) is 0 Å². The van der Waals surface area contributed by atoms with Gasteiger partial charge in [-0.15, -0.1) is 12.1 Å². The van der Waals surface area contributed by atoms with E-state index in [9.17, 15) is 0 Å². The number of hydrogen-bond donors (Lipinski definition) is 0. The van der Waals surface area contributed by atoms with Gasteiger partial charge >= 0.3 is 0 Å². The van der Waals surface area contributed by atoms with Crippen molar-refractivity contribution in [2.75, 3.05) is 9.80 Å². The van der Waals surface area contributed by atoms with Crippen molar-refractivity contribution in [3.8, 4) is 34.5 Å². The Morgan fingerprint density at radius 3 is 1.72 bits per heavy atom. The van der Waals surface area contributed by atoms with Crippen LogP contribution in [0.25, 0.3) is 0 Å². The summed E-state index contributed by atoms with van der Waals surface area (Å²) in [6.45, 7) is -0.229. The van der Waals surface area contributed by atoms with E-state index in [0.29, 0.717) is 17.2 Å². The predicted molar refractivity (Wildman–Crippen MR) is 220 cm³/mol. The SMILES string of the molecule is [Y].[Y].[Y].[c-]1ccccc1N(c1[c-]c2c3c([c-]1)Oc1cc4c(cc1B3c1ccccc1O2)B1c2ccccc2N(c2ccccc2)c2cccc(c21)O4)c1[c-]cccc1. The molecule has 4 heterocycles. The van der Waals surface area contributed by atoms with Gasteiger partial charge in [0.1, 0.15) is 29.7 Å². The fraction of sp³-hybridized carbons (Fsp3) is 0. The first-order chi connectivity index (χ1) is 27.3. The molecule has 5 nitrogen and oxygen atoms in total. The van der Waals surface area contributed by atoms with Crippen molar-refractivity contribution >= 4 is 80.3 Å². The summed E-state index contributed by atoms with van der Waals surface area (Å²) in [6, 6.07) is 68.0. The van der Waals surface area contributed by atoms with E-state index in [-0.39, 0.29) is 112 Å². The summed E-state index contributed by atoms with van der Waals surface area (Å²) in [5.41, 5.74) is 12.2. The molecule has 8 aromatic carbocycles. The number of anilines is 6. The van der Waals surface area contributed by atoms with Gasteiger partial charge in [0.25, 0.3) is 6.71 Å². The molecule has 0 amide bonds. The Balaban J connectivity index is 0.00000145. The molecule has 0 atom stereocenters. The van der Waals surface area contributed by atoms with Crippen LogP contribution >= 0.6 is 0 Å². The molecule has 0 aromatic heterocycles. The van der Waals surface area contributed by atoms with E-state index in [1.807, 2.05) is 65.6 Å². The van der Waals surface area contributed by atoms with Crippen LogP contribution < -0.4 is 56.8 Å². The Morgan fingerprint density at radius 1 is 0.448 bits per heavy atom. The first-order valence-corrected chi connectivity index (χ1v) is 18.4. The normalized spacial score (nSPS) is 12.7. The topological polar surface area (TPSA) is 34.2 Å². The van der Waals surface area contributed by atoms with Crippen LogP contribution in [-0.4, -0.2) is 13.4 Å². The number of rotatable bonds is 4. The molecule has 12 rings (SSSR count). The minimum absolute atomic E-state index is 0. The Hall–Kier alpha value is -3.80. The van der Waals surface area contributed by atoms with Gasteiger partial charge in [-0.05, 0) is 52.8 Å². The molecule has 0 fully saturated rings. The molecule has 0 bridgehead atoms. The van der Waals surface area contributed by atoms with E-state index < -0.39 is 0 Å². The van der Waals surface area contributed by atoms with E-state index in [1.54, 1.807) is 0 Å². The minimum Gasteiger partial charge on any atom is -0.508 e. The second kappa shape index (κ2) is 16.0. The van der Waals surface area contributed by atoms with Crippen LogP contribution in [0.1, 0.15) is 0 Å². The molecule has 3 radical (unpaired) electrons. The average Bonchev–Trinajstić information content (AvgIpc) is 3.24. The van der Waals surface area contributed by atoms with Crippen LogP contribution in [0.4, 0.5) is 34.1 Å². The first kappa shape index (κ1) is 39.7. The molecular formula is C48H26B2N2O3Y3-4. The molecule has 0 spiro atoms. The first-order valence-electron chi connectivity index (χ1n) is 18.4. The van der Waals surface area contributed by atoms with Crippen molar-refractivity contribution in [2.45, 2.75) is 0 Å². The standard InChI is InChI=1S/C48H26B2N2O3.3Y/c1-4-15-31(16-5-1)51(32-17-6-2-7-18-32)34-27-45-48-46(28-34)55-44-30-43-37(29-38(44)50(48)36-22-11-13-25-41(36)53-45)49-35-21-10-12-23-39(35)52(33-19-8-3-9-20-33)40-24-14-26-42(54-43)47(40)49;;;/h1-15,17,19-26,29-30H;;;/q-4;;;. The maximum absolute atomic E-state index is 6.92. The summed E-state index contributed by atoms with van der Waals surface area (Å²) >= 11 is 0. The van der Waals surface area contributed by atoms with Gasteiger partial charge in [0.15, 0.2) is 0 Å². The number of nitrogens with zero attached hydrogens (tertiary/aromatic N) is 2. The van der Waals surface area contributed by atoms with E-state index in [4.69, 9.17) is 14.2 Å². The molecule has 265 valence electrons. The van der Waals surface area contributed by atoms with Crippen LogP contribution in [0, 0.1) is 24.3 Å². The molecule has 0 saturated carbocycles. The number of hydrogen-bond acceptors (Lipinski definition) is 5. The monoisotopic (exact) mass is 967 g/mol. The zero-order chi connectivity index (χ0) is 36.0. The molecule has 4 aliphatic rings. The Morgan fingerprint density at radius 2 is 1.02 bits per heavy atom. The number of para-hydroxylation sites is 5. The van der Waals surface area contributed by atoms with Crippen molar-refractivity contribution in [1.29, 1.82) is 0 Å². The van der Waals surface area contributed by atoms with Crippen molar-refractivity contribution in [3.63, 3.8) is 0 Å². The zero-order valence-electron chi connectivity index (χ0n) is 31.0. The fourth-order valence-electron chi connectivity index (χ4n) is 8.79. The van der Waals surface area contributed by atoms with Crippen molar-refractivity contribution in [1.82, 2.24) is 0 Å². The molecule has 0 saturated heterocycles. The number of fused-ring (bicyclic) bond motifs is 8. The largest absolute Gasteiger partial charge is 0.508 e. The maximum atomic E-state index is 6.92. The fourth-order valence-corrected chi connectivity index (χ4v) is 8.79. The van der Waals surface area contributed by atoms with E-state index in [2.05, 4.69) is 126 Å². The average molecular weight is 967 g/mol. The molecule has 0 unspecified atom stereocenters. The van der Waals surface area contributed by atoms with E-state index >= 15 is 0 Å². The number of benzene rings is 8. The van der Waals surface area contributed by atoms with Gasteiger partial charge < -0.3 is 24.0 Å². The van der Waals surface area contributed by atoms with Gasteiger partial charge in [0.05, 0.1) is 0 Å². The van der Waals surface area contributed by atoms with E-state index in [1.165, 1.54) is 5.46 Å². The van der Waals surface area contributed by atoms with Crippen LogP contribution in [0.15, 0.2) is 158 Å². The van der Waals surface area contributed by atoms with Crippen LogP contribution in [0.3, 0.4) is 0 Å². The quantitative estimate of drug-likeness (QED) is 0.135. The van der Waals surface area contributed by atoms with Gasteiger partial charge in [-0.1, -0.05) is 101 Å². The second-order valence-electron chi connectivity index (χ2n) is 14.1. The molecular weight excluding hydrogens is 941 g/mol. The van der Waals surface area contributed by atoms with Crippen molar-refractivity contribution < 1.29 is 112 Å². The van der Waals surface area contributed by atoms with Gasteiger partial charge in [0.2, 0.25) is 0 Å². The van der Waals surface area contributed by atoms with Crippen LogP contribution in [0.5, 0.6) is 34.5 Å². The Labute approximate surface area is 413 Å². The smallest absolute Gasteiger partial charge is 0.256 e. The second-order valence-corrected chi connectivity index (χ2v) is 14.1. The molecule has 4 aliphatic heterocycles. The third-order valence-electron chi connectivity index (χ3n) is 11.0. The van der Waals surface area contributed by atoms with Gasteiger partial charge in [-0.2, -0.15) is 54.2 Å². The van der Waals surface area contributed by atoms with Crippen molar-refractivity contribution in [3.05, 3.63) is 182 Å². The van der Waals surface area contributed by atoms with E-state index in [0.717, 1.165) is 78.7 Å². The minimum atomic E-state index is -0.179. The molecule has 58 heavy (non-hydrogen) atoms. The van der Waals surface area contributed by atoms with Gasteiger partial charge in [-0.25, -0.2) is 5.46 Å². The summed E-state index contributed by atoms with van der Waals surface area (Å²) < 4.78 is 20.5. The van der Waals surface area contributed by atoms with Gasteiger partial charge in [-0.3, -0.25) is 12.1 Å². The maximum Gasteiger partial charge on any atom is 0.256 e. The molecule has 10 heteroatoms. The predicted octanol–water partition coefficient (Wildman–Crippen LogP) is 7.48. The summed E-state index contributed by atoms with van der Waals surface area (Å²) in [5, 5.41) is 0. The summed E-state index contributed by atoms with van der Waals surface area (Å²) in [4.78, 5) is 4.38.